The number of carbonyl (C=O) groups excluding carboxylic acids is 6. The number of hydrogen-bond acceptors (Lipinski definition) is 46. The molecular formula is C99H113N9O42. The number of nitrogens with zero attached hydrogens (tertiary/aromatic N) is 5. The lowest BCUT2D eigenvalue weighted by Gasteiger charge is -2.47. The Labute approximate surface area is 853 Å². The molecule has 3 amide bonds. The Hall–Kier alpha value is -13.1. The number of carbonyl (C=O) groups is 6. The van der Waals surface area contributed by atoms with Gasteiger partial charge in [-0.05, 0) is 144 Å². The Morgan fingerprint density at radius 3 is 1.03 bits per heavy atom. The molecule has 15 aliphatic rings. The Morgan fingerprint density at radius 2 is 0.720 bits per heavy atom. The van der Waals surface area contributed by atoms with E-state index in [4.69, 9.17) is 143 Å². The molecule has 21 unspecified atom stereocenters. The summed E-state index contributed by atoms with van der Waals surface area (Å²) in [5.74, 6) is -2.66. The second-order valence-electron chi connectivity index (χ2n) is 37.4. The number of primary amides is 1. The summed E-state index contributed by atoms with van der Waals surface area (Å²) in [6.45, 7) is 5.85. The van der Waals surface area contributed by atoms with Crippen molar-refractivity contribution in [1.82, 2.24) is 40.5 Å². The van der Waals surface area contributed by atoms with E-state index in [9.17, 15) is 64.2 Å². The lowest BCUT2D eigenvalue weighted by atomic mass is 9.66. The van der Waals surface area contributed by atoms with Crippen molar-refractivity contribution in [3.63, 3.8) is 0 Å². The molecule has 3 aliphatic carbocycles. The third-order valence-electron chi connectivity index (χ3n) is 29.3. The number of benzene rings is 6. The van der Waals surface area contributed by atoms with Crippen LogP contribution in [0.1, 0.15) is 138 Å². The number of nitrogens with one attached hydrogen (secondary N) is 3. The van der Waals surface area contributed by atoms with E-state index in [0.717, 1.165) is 25.8 Å². The molecule has 0 radical (unpaired) electrons. The first-order chi connectivity index (χ1) is 72.3. The van der Waals surface area contributed by atoms with Crippen LogP contribution in [0, 0.1) is 35.5 Å². The number of aromatic nitrogens is 5. The molecule has 12 aliphatic heterocycles. The van der Waals surface area contributed by atoms with E-state index in [1.165, 1.54) is 70.9 Å². The second kappa shape index (κ2) is 42.6. The molecule has 9 saturated heterocycles. The Bertz CT molecular complexity index is 6470. The van der Waals surface area contributed by atoms with Crippen molar-refractivity contribution in [2.45, 2.75) is 168 Å². The molecule has 51 nitrogen and oxygen atoms in total. The largest absolute Gasteiger partial charge is 0.496 e. The topological polar surface area (TPSA) is 619 Å². The number of aliphatic hydroxyl groups is 6. The van der Waals surface area contributed by atoms with Gasteiger partial charge >= 0.3 is 23.6 Å². The number of cyclic esters (lactones) is 3. The molecule has 150 heavy (non-hydrogen) atoms. The summed E-state index contributed by atoms with van der Waals surface area (Å²) in [6, 6.07) is 21.6. The first kappa shape index (κ1) is 104. The van der Waals surface area contributed by atoms with Crippen molar-refractivity contribution in [2.24, 2.45) is 48.3 Å². The fourth-order valence-electron chi connectivity index (χ4n) is 22.4. The molecule has 11 N–H and O–H groups in total. The van der Waals surface area contributed by atoms with Gasteiger partial charge in [0.05, 0.1) is 125 Å². The number of methoxy groups -OCH3 is 7. The highest BCUT2D eigenvalue weighted by atomic mass is 16.8. The van der Waals surface area contributed by atoms with Gasteiger partial charge in [-0.1, -0.05) is 5.21 Å². The van der Waals surface area contributed by atoms with Gasteiger partial charge in [0.25, 0.3) is 17.7 Å². The maximum absolute atomic E-state index is 13.5. The fraction of sp³-hybridized carbons (Fsp3) is 0.535. The minimum Gasteiger partial charge on any atom is -0.496 e. The number of hydroxylamine groups is 1. The average molecular weight is 2100 g/mol. The van der Waals surface area contributed by atoms with E-state index in [2.05, 4.69) is 31.4 Å². The number of esters is 3. The van der Waals surface area contributed by atoms with Crippen LogP contribution >= 0.6 is 0 Å². The number of aliphatic hydroxyl groups excluding tert-OH is 6. The average Bonchev–Trinajstić information content (AvgIpc) is 1.14. The molecule has 9 fully saturated rings. The number of aryl methyl sites for hydroxylation is 1. The van der Waals surface area contributed by atoms with E-state index in [-0.39, 0.29) is 94.2 Å². The van der Waals surface area contributed by atoms with Gasteiger partial charge in [-0.3, -0.25) is 28.8 Å². The van der Waals surface area contributed by atoms with Crippen molar-refractivity contribution < 1.29 is 197 Å². The number of imidazole rings is 1. The molecule has 2 aromatic heterocycles. The van der Waals surface area contributed by atoms with Crippen molar-refractivity contribution in [3.8, 4) is 80.5 Å². The van der Waals surface area contributed by atoms with Crippen LogP contribution in [-0.2, 0) is 92.5 Å². The van der Waals surface area contributed by atoms with Gasteiger partial charge in [0, 0.05) is 63.7 Å². The highest BCUT2D eigenvalue weighted by molar-refractivity contribution is 6.01. The third-order valence-corrected chi connectivity index (χ3v) is 29.3. The minimum absolute atomic E-state index is 0.0178. The van der Waals surface area contributed by atoms with Crippen molar-refractivity contribution in [1.29, 1.82) is 0 Å². The number of rotatable bonds is 21. The Kier molecular flexibility index (Phi) is 29.5. The van der Waals surface area contributed by atoms with Crippen LogP contribution in [0.4, 0.5) is 0 Å². The van der Waals surface area contributed by atoms with Gasteiger partial charge < -0.3 is 184 Å². The first-order valence-electron chi connectivity index (χ1n) is 48.2. The van der Waals surface area contributed by atoms with Crippen molar-refractivity contribution >= 4 is 41.3 Å². The van der Waals surface area contributed by atoms with E-state index in [0.29, 0.717) is 102 Å². The van der Waals surface area contributed by atoms with Crippen molar-refractivity contribution in [3.05, 3.63) is 150 Å². The predicted molar refractivity (Wildman–Crippen MR) is 498 cm³/mol. The zero-order valence-electron chi connectivity index (χ0n) is 83.3. The van der Waals surface area contributed by atoms with Crippen LogP contribution in [0.2, 0.25) is 0 Å². The summed E-state index contributed by atoms with van der Waals surface area (Å²) in [5.41, 5.74) is 13.2. The first-order valence-corrected chi connectivity index (χ1v) is 48.2. The van der Waals surface area contributed by atoms with E-state index in [1.807, 2.05) is 36.4 Å². The molecule has 30 atom stereocenters. The standard InChI is InChI=1S/C31H35NO13.C30H35NO13.C30H34O13.C8H9N7O3/c1-12-39-10-21-28(43-12)25(33)26(34)31(44-21)45-27-15-8-18-17(41-11-42-18)7-14(15)22(23-16(27)9-40-30(23)36)13-5-19(37-3)24(29(35)32-2)20(6-13)38-4;1-12-37-10-21-28(41-12)24(32)25(33)30(42-21)43-26-15-8-18-17(39-11-40-18)7-14(15)22(23-16(26)9-38-29(23)34)13-5-19(35-3)27(44-31-2)20(6-13)36-4;1-12-37-10-21-28(41-12)24(31)25(32)30(42-21)43-26-15-8-18-17(39-11-40-18)7-14(15)22(23-16(26)9-38-29(23)33)13-5-19(34-2)27(36-4)20(6-13)35-3;1-10-7(17)6-11-3(4(9)16)5-12-13-14(2)8(18)15(5)6/h5-8,12,16,21-23,25-28,31,33-34H,9-11H2,1-4H3,(H,32,35);5-8,12,16,21-26,28,30-33H,9-11H2,1-4H3;5-8,12,16,21-26,28,30-32H,9-11H2,1-4H3;1-2H3,(H2,9,16)(H,10,17)/t12?,16-,21?,22?,23-,25?,26?,27+,28?,31?;2*12?,16-,21?,22?,23-,24?,25?,26+,28?,30?;/m000./s1. The van der Waals surface area contributed by atoms with Crippen LogP contribution in [-0.4, -0.2) is 333 Å². The van der Waals surface area contributed by atoms with E-state index < -0.39 is 224 Å². The summed E-state index contributed by atoms with van der Waals surface area (Å²) in [7, 11) is 16.4. The lowest BCUT2D eigenvalue weighted by molar-refractivity contribution is -0.364. The van der Waals surface area contributed by atoms with Crippen LogP contribution in [0.3, 0.4) is 0 Å². The maximum Gasteiger partial charge on any atom is 0.353 e. The highest BCUT2D eigenvalue weighted by Crippen LogP contribution is 2.62. The summed E-state index contributed by atoms with van der Waals surface area (Å²) >= 11 is 0. The number of hydrogen-bond donors (Lipinski definition) is 10. The van der Waals surface area contributed by atoms with Crippen LogP contribution < -0.4 is 94.0 Å². The summed E-state index contributed by atoms with van der Waals surface area (Å²) in [4.78, 5) is 97.1. The molecule has 6 aromatic carbocycles. The molecule has 0 saturated carbocycles. The monoisotopic (exact) mass is 2100 g/mol. The van der Waals surface area contributed by atoms with E-state index in [1.54, 1.807) is 64.2 Å². The molecule has 0 bridgehead atoms. The zero-order valence-corrected chi connectivity index (χ0v) is 83.3. The van der Waals surface area contributed by atoms with Gasteiger partial charge in [0.15, 0.2) is 107 Å². The molecule has 23 rings (SSSR count). The van der Waals surface area contributed by atoms with Gasteiger partial charge in [0.2, 0.25) is 37.7 Å². The molecule has 51 heteroatoms. The quantitative estimate of drug-likeness (QED) is 0.0273. The maximum atomic E-state index is 13.5. The molecule has 14 heterocycles. The van der Waals surface area contributed by atoms with Gasteiger partial charge in [-0.25, -0.2) is 14.2 Å². The molecular weight excluding hydrogens is 1990 g/mol. The van der Waals surface area contributed by atoms with Gasteiger partial charge in [-0.2, -0.15) is 10.2 Å². The molecule has 0 spiro atoms. The van der Waals surface area contributed by atoms with E-state index >= 15 is 0 Å². The molecule has 8 aromatic rings. The van der Waals surface area contributed by atoms with Crippen LogP contribution in [0.5, 0.6) is 80.5 Å². The highest BCUT2D eigenvalue weighted by Gasteiger charge is 2.62. The fourth-order valence-corrected chi connectivity index (χ4v) is 22.4. The number of ether oxygens (including phenoxy) is 28. The van der Waals surface area contributed by atoms with Crippen LogP contribution in [0.15, 0.2) is 77.6 Å². The number of fused-ring (bicyclic) bond motifs is 13. The Morgan fingerprint density at radius 1 is 0.400 bits per heavy atom. The number of nitrogens with two attached hydrogens (primary N) is 1. The smallest absolute Gasteiger partial charge is 0.353 e. The normalized spacial score (nSPS) is 32.3. The SMILES string of the molecule is CNC(=O)c1c(OC)cc(C2c3cc4c(cc3[C@@H](OC3OC5COC(C)OC5C(O)C3O)[C@H]3COC(=O)[C@H]23)OCO4)cc1OC.CNC(=O)c1nc(C(N)=O)c2nnn(C)c(=O)n12.CNOc1c(OC)cc(C2c3cc4c(cc3[C@@H](OC3OC5COC(C)OC5C(O)C3O)[C@H]3COC(=O)[C@H]23)OCO4)cc1OC.COc1cc(C2c3cc4c(cc3[C@@H](OC3OC5COC(C)OC5C(O)C3O)[C@H]3COC(=O)[C@H]23)OCO4)cc(OC)c1OC. The third kappa shape index (κ3) is 18.6. The number of amides is 3. The van der Waals surface area contributed by atoms with Gasteiger partial charge in [0.1, 0.15) is 90.3 Å². The van der Waals surface area contributed by atoms with Crippen LogP contribution in [0.25, 0.3) is 5.65 Å². The van der Waals surface area contributed by atoms with Gasteiger partial charge in [-0.15, -0.1) is 5.10 Å². The summed E-state index contributed by atoms with van der Waals surface area (Å²) in [5, 5.41) is 78.2. The zero-order chi connectivity index (χ0) is 106. The predicted octanol–water partition coefficient (Wildman–Crippen LogP) is 1.06. The molecule has 806 valence electrons. The van der Waals surface area contributed by atoms with Crippen molar-refractivity contribution in [2.75, 3.05) is 131 Å². The Balaban J connectivity index is 0.000000125. The summed E-state index contributed by atoms with van der Waals surface area (Å²) in [6.07, 6.45) is -20.3. The lowest BCUT2D eigenvalue weighted by Crippen LogP contribution is -2.63. The minimum atomic E-state index is -1.45. The summed E-state index contributed by atoms with van der Waals surface area (Å²) < 4.78 is 164. The second-order valence-corrected chi connectivity index (χ2v) is 37.4.